The summed E-state index contributed by atoms with van der Waals surface area (Å²) in [6.07, 6.45) is -7.87. The molecule has 2 heterocycles. The predicted molar refractivity (Wildman–Crippen MR) is 141 cm³/mol. The first kappa shape index (κ1) is 31.6. The molecule has 42 heavy (non-hydrogen) atoms. The lowest BCUT2D eigenvalue weighted by atomic mass is 9.85. The molecular formula is C28H30F6N2O5S. The summed E-state index contributed by atoms with van der Waals surface area (Å²) in [5.74, 6) is -1.96. The number of likely N-dealkylation sites (tertiary alicyclic amines) is 1. The number of carbonyl (C=O) groups excluding carboxylic acids is 2. The maximum absolute atomic E-state index is 13.6. The van der Waals surface area contributed by atoms with Crippen molar-refractivity contribution in [3.63, 3.8) is 0 Å². The first-order valence-corrected chi connectivity index (χ1v) is 14.8. The van der Waals surface area contributed by atoms with Gasteiger partial charge in [0.25, 0.3) is 5.91 Å². The zero-order valence-electron chi connectivity index (χ0n) is 22.9. The zero-order chi connectivity index (χ0) is 31.1. The summed E-state index contributed by atoms with van der Waals surface area (Å²) < 4.78 is 108. The number of sulfone groups is 1. The van der Waals surface area contributed by atoms with Gasteiger partial charge in [0.15, 0.2) is 9.84 Å². The first-order chi connectivity index (χ1) is 19.4. The topological polar surface area (TPSA) is 84.0 Å². The van der Waals surface area contributed by atoms with Crippen molar-refractivity contribution in [2.75, 3.05) is 24.5 Å². The highest BCUT2D eigenvalue weighted by Gasteiger charge is 2.45. The maximum Gasteiger partial charge on any atom is 0.573 e. The number of ether oxygens (including phenoxy) is 1. The van der Waals surface area contributed by atoms with E-state index in [2.05, 4.69) is 4.74 Å². The van der Waals surface area contributed by atoms with E-state index in [-0.39, 0.29) is 56.1 Å². The van der Waals surface area contributed by atoms with Crippen molar-refractivity contribution in [3.05, 3.63) is 53.6 Å². The van der Waals surface area contributed by atoms with Gasteiger partial charge in [-0.1, -0.05) is 6.07 Å². The number of anilines is 1. The van der Waals surface area contributed by atoms with Crippen LogP contribution >= 0.6 is 0 Å². The number of benzene rings is 2. The lowest BCUT2D eigenvalue weighted by Crippen LogP contribution is -2.48. The maximum atomic E-state index is 13.6. The molecule has 0 aromatic heterocycles. The Bertz CT molecular complexity index is 1450. The molecule has 0 unspecified atom stereocenters. The van der Waals surface area contributed by atoms with Gasteiger partial charge < -0.3 is 14.5 Å². The van der Waals surface area contributed by atoms with Crippen molar-refractivity contribution in [2.45, 2.75) is 68.1 Å². The molecule has 2 fully saturated rings. The highest BCUT2D eigenvalue weighted by Crippen LogP contribution is 2.40. The van der Waals surface area contributed by atoms with E-state index in [4.69, 9.17) is 0 Å². The predicted octanol–water partition coefficient (Wildman–Crippen LogP) is 6.23. The molecule has 0 radical (unpaired) electrons. The monoisotopic (exact) mass is 620 g/mol. The molecule has 0 bridgehead atoms. The second kappa shape index (κ2) is 11.4. The quantitative estimate of drug-likeness (QED) is 0.358. The van der Waals surface area contributed by atoms with Crippen LogP contribution in [0, 0.1) is 5.92 Å². The van der Waals surface area contributed by atoms with Gasteiger partial charge in [0.2, 0.25) is 5.91 Å². The number of hydrogen-bond acceptors (Lipinski definition) is 5. The highest BCUT2D eigenvalue weighted by molar-refractivity contribution is 7.92. The van der Waals surface area contributed by atoms with Crippen LogP contribution in [0.25, 0.3) is 0 Å². The summed E-state index contributed by atoms with van der Waals surface area (Å²) in [5, 5.41) is 0. The van der Waals surface area contributed by atoms with Crippen LogP contribution in [0.1, 0.15) is 61.9 Å². The minimum Gasteiger partial charge on any atom is -0.406 e. The second-order valence-electron chi connectivity index (χ2n) is 10.9. The van der Waals surface area contributed by atoms with E-state index in [1.807, 2.05) is 0 Å². The van der Waals surface area contributed by atoms with Crippen molar-refractivity contribution < 1.29 is 49.1 Å². The van der Waals surface area contributed by atoms with Gasteiger partial charge >= 0.3 is 12.5 Å². The number of hydrogen-bond donors (Lipinski definition) is 0. The summed E-state index contributed by atoms with van der Waals surface area (Å²) in [5.41, 5.74) is -1.07. The Kier molecular flexibility index (Phi) is 8.60. The largest absolute Gasteiger partial charge is 0.573 e. The number of amides is 2. The minimum absolute atomic E-state index is 0.000951. The molecule has 2 aromatic rings. The van der Waals surface area contributed by atoms with Gasteiger partial charge in [-0.3, -0.25) is 9.59 Å². The van der Waals surface area contributed by atoms with Crippen LogP contribution in [-0.4, -0.2) is 55.9 Å². The van der Waals surface area contributed by atoms with Gasteiger partial charge in [-0.15, -0.1) is 13.2 Å². The van der Waals surface area contributed by atoms with Crippen LogP contribution < -0.4 is 9.64 Å². The van der Waals surface area contributed by atoms with Gasteiger partial charge in [0.1, 0.15) is 5.75 Å². The number of rotatable bonds is 6. The average molecular weight is 621 g/mol. The highest BCUT2D eigenvalue weighted by atomic mass is 32.2. The zero-order valence-corrected chi connectivity index (χ0v) is 23.7. The molecule has 7 nitrogen and oxygen atoms in total. The molecule has 2 saturated heterocycles. The van der Waals surface area contributed by atoms with Crippen LogP contribution in [0.2, 0.25) is 0 Å². The van der Waals surface area contributed by atoms with Crippen LogP contribution in [-0.2, 0) is 20.8 Å². The van der Waals surface area contributed by atoms with E-state index in [1.54, 1.807) is 0 Å². The fourth-order valence-corrected chi connectivity index (χ4v) is 7.31. The molecule has 2 aromatic carbocycles. The van der Waals surface area contributed by atoms with Crippen molar-refractivity contribution in [1.82, 2.24) is 4.90 Å². The van der Waals surface area contributed by atoms with Gasteiger partial charge in [0, 0.05) is 32.1 Å². The normalized spacial score (nSPS) is 17.9. The van der Waals surface area contributed by atoms with E-state index >= 15 is 0 Å². The Morgan fingerprint density at radius 1 is 0.929 bits per heavy atom. The van der Waals surface area contributed by atoms with E-state index < -0.39 is 55.2 Å². The molecule has 0 N–H and O–H groups in total. The van der Waals surface area contributed by atoms with Crippen LogP contribution in [0.15, 0.2) is 47.4 Å². The molecule has 14 heteroatoms. The standard InChI is InChI=1S/C28H30F6N2O5S/c1-26(2,42(39,40)21-7-5-6-19(16-21)27(29,30)31)18-11-14-35(15-12-18)25(38)22-10-9-20(41-28(32,33)34)17-23(22)36-13-4-3-8-24(36)37/h5-7,9-10,16-18H,3-4,8,11-15H2,1-2H3. The molecular weight excluding hydrogens is 590 g/mol. The van der Waals surface area contributed by atoms with Crippen LogP contribution in [0.3, 0.4) is 0 Å². The van der Waals surface area contributed by atoms with E-state index in [1.165, 1.54) is 29.7 Å². The molecule has 2 aliphatic heterocycles. The summed E-state index contributed by atoms with van der Waals surface area (Å²) >= 11 is 0. The number of halogens is 6. The Morgan fingerprint density at radius 3 is 2.19 bits per heavy atom. The number of nitrogens with zero attached hydrogens (tertiary/aromatic N) is 2. The Morgan fingerprint density at radius 2 is 1.60 bits per heavy atom. The third-order valence-electron chi connectivity index (χ3n) is 7.98. The van der Waals surface area contributed by atoms with Crippen molar-refractivity contribution in [2.24, 2.45) is 5.92 Å². The second-order valence-corrected chi connectivity index (χ2v) is 13.5. The molecule has 230 valence electrons. The molecule has 2 aliphatic rings. The molecule has 0 atom stereocenters. The van der Waals surface area contributed by atoms with Crippen LogP contribution in [0.5, 0.6) is 5.75 Å². The fourth-order valence-electron chi connectivity index (χ4n) is 5.48. The van der Waals surface area contributed by atoms with Crippen molar-refractivity contribution >= 4 is 27.3 Å². The lowest BCUT2D eigenvalue weighted by molar-refractivity contribution is -0.274. The van der Waals surface area contributed by atoms with Gasteiger partial charge in [-0.05, 0) is 75.8 Å². The summed E-state index contributed by atoms with van der Waals surface area (Å²) in [6, 6.07) is 6.77. The Balaban J connectivity index is 1.55. The minimum atomic E-state index is -4.97. The van der Waals surface area contributed by atoms with Gasteiger partial charge in [0.05, 0.1) is 26.5 Å². The SMILES string of the molecule is CC(C)(C1CCN(C(=O)c2ccc(OC(F)(F)F)cc2N2CCCCC2=O)CC1)S(=O)(=O)c1cccc(C(F)(F)F)c1. The summed E-state index contributed by atoms with van der Waals surface area (Å²) in [7, 11) is -4.21. The number of alkyl halides is 6. The first-order valence-electron chi connectivity index (χ1n) is 13.3. The average Bonchev–Trinajstić information content (AvgIpc) is 2.91. The molecule has 0 saturated carbocycles. The van der Waals surface area contributed by atoms with Crippen LogP contribution in [0.4, 0.5) is 32.0 Å². The molecule has 0 spiro atoms. The fraction of sp³-hybridized carbons (Fsp3) is 0.500. The van der Waals surface area contributed by atoms with Crippen molar-refractivity contribution in [1.29, 1.82) is 0 Å². The van der Waals surface area contributed by atoms with E-state index in [0.717, 1.165) is 30.3 Å². The summed E-state index contributed by atoms with van der Waals surface area (Å²) in [6.45, 7) is 3.31. The third-order valence-corrected chi connectivity index (χ3v) is 10.6. The van der Waals surface area contributed by atoms with Crippen molar-refractivity contribution in [3.8, 4) is 5.75 Å². The number of carbonyl (C=O) groups is 2. The molecule has 0 aliphatic carbocycles. The van der Waals surface area contributed by atoms with Gasteiger partial charge in [-0.2, -0.15) is 13.2 Å². The number of piperidine rings is 2. The lowest BCUT2D eigenvalue weighted by Gasteiger charge is -2.40. The summed E-state index contributed by atoms with van der Waals surface area (Å²) in [4.78, 5) is 28.4. The molecule has 4 rings (SSSR count). The Hall–Kier alpha value is -3.29. The van der Waals surface area contributed by atoms with E-state index in [9.17, 15) is 44.3 Å². The van der Waals surface area contributed by atoms with Gasteiger partial charge in [-0.25, -0.2) is 8.42 Å². The van der Waals surface area contributed by atoms with E-state index in [0.29, 0.717) is 18.9 Å². The molecule has 2 amide bonds. The smallest absolute Gasteiger partial charge is 0.406 e. The third kappa shape index (κ3) is 6.52. The Labute approximate surface area is 239 Å².